The quantitative estimate of drug-likeness (QED) is 0.895. The Morgan fingerprint density at radius 3 is 2.48 bits per heavy atom. The molecule has 21 heavy (non-hydrogen) atoms. The van der Waals surface area contributed by atoms with Crippen LogP contribution in [0.3, 0.4) is 0 Å². The molecule has 120 valence electrons. The van der Waals surface area contributed by atoms with Crippen molar-refractivity contribution in [3.05, 3.63) is 23.8 Å². The molecule has 1 atom stereocenters. The third-order valence-electron chi connectivity index (χ3n) is 3.39. The molecule has 0 bridgehead atoms. The van der Waals surface area contributed by atoms with E-state index >= 15 is 0 Å². The van der Waals surface area contributed by atoms with Gasteiger partial charge >= 0.3 is 6.36 Å². The number of hydrogen-bond donors (Lipinski definition) is 2. The lowest BCUT2D eigenvalue weighted by Crippen LogP contribution is -2.27. The van der Waals surface area contributed by atoms with E-state index in [4.69, 9.17) is 10.5 Å². The average molecular weight is 328 g/mol. The topological polar surface area (TPSA) is 64.7 Å². The second-order valence-corrected chi connectivity index (χ2v) is 4.72. The maximum absolute atomic E-state index is 12.2. The summed E-state index contributed by atoms with van der Waals surface area (Å²) in [6, 6.07) is 3.41. The molecule has 1 aliphatic heterocycles. The van der Waals surface area contributed by atoms with Crippen molar-refractivity contribution in [3.63, 3.8) is 0 Å². The molecule has 0 aromatic heterocycles. The van der Waals surface area contributed by atoms with Crippen LogP contribution in [0.1, 0.15) is 24.4 Å². The lowest BCUT2D eigenvalue weighted by atomic mass is 9.87. The van der Waals surface area contributed by atoms with Crippen molar-refractivity contribution in [3.8, 4) is 11.5 Å². The summed E-state index contributed by atoms with van der Waals surface area (Å²) >= 11 is 0. The first-order chi connectivity index (χ1) is 9.38. The first-order valence-corrected chi connectivity index (χ1v) is 6.29. The SMILES string of the molecule is Cl.N[C@H](c1cccc(OC(F)(F)F)c1O)C1CCOCC1. The molecule has 0 aliphatic carbocycles. The Kier molecular flexibility index (Phi) is 6.12. The molecule has 0 unspecified atom stereocenters. The number of alkyl halides is 3. The fourth-order valence-corrected chi connectivity index (χ4v) is 2.34. The van der Waals surface area contributed by atoms with Gasteiger partial charge in [0.1, 0.15) is 0 Å². The number of ether oxygens (including phenoxy) is 2. The average Bonchev–Trinajstić information content (AvgIpc) is 2.40. The van der Waals surface area contributed by atoms with E-state index in [1.54, 1.807) is 0 Å². The highest BCUT2D eigenvalue weighted by Crippen LogP contribution is 2.39. The van der Waals surface area contributed by atoms with E-state index in [-0.39, 0.29) is 23.9 Å². The van der Waals surface area contributed by atoms with Gasteiger partial charge in [0.2, 0.25) is 0 Å². The molecule has 1 heterocycles. The zero-order valence-corrected chi connectivity index (χ0v) is 11.9. The molecular weight excluding hydrogens is 311 g/mol. The molecule has 0 amide bonds. The van der Waals surface area contributed by atoms with Crippen LogP contribution in [0.25, 0.3) is 0 Å². The van der Waals surface area contributed by atoms with Gasteiger partial charge < -0.3 is 20.3 Å². The maximum atomic E-state index is 12.2. The molecule has 2 rings (SSSR count). The molecule has 0 spiro atoms. The minimum atomic E-state index is -4.85. The van der Waals surface area contributed by atoms with Gasteiger partial charge in [-0.15, -0.1) is 25.6 Å². The normalized spacial score (nSPS) is 17.9. The lowest BCUT2D eigenvalue weighted by molar-refractivity contribution is -0.275. The van der Waals surface area contributed by atoms with E-state index in [9.17, 15) is 18.3 Å². The van der Waals surface area contributed by atoms with Crippen molar-refractivity contribution in [2.75, 3.05) is 13.2 Å². The number of rotatable bonds is 3. The lowest BCUT2D eigenvalue weighted by Gasteiger charge is -2.28. The first-order valence-electron chi connectivity index (χ1n) is 6.29. The number of phenolic OH excluding ortho intramolecular Hbond substituents is 1. The van der Waals surface area contributed by atoms with Crippen LogP contribution in [0, 0.1) is 5.92 Å². The Morgan fingerprint density at radius 2 is 1.90 bits per heavy atom. The van der Waals surface area contributed by atoms with Gasteiger partial charge in [0.25, 0.3) is 0 Å². The minimum absolute atomic E-state index is 0. The molecule has 3 N–H and O–H groups in total. The molecule has 0 radical (unpaired) electrons. The summed E-state index contributed by atoms with van der Waals surface area (Å²) in [6.07, 6.45) is -3.42. The van der Waals surface area contributed by atoms with Gasteiger partial charge in [0, 0.05) is 24.8 Å². The fraction of sp³-hybridized carbons (Fsp3) is 0.538. The van der Waals surface area contributed by atoms with E-state index in [2.05, 4.69) is 4.74 Å². The van der Waals surface area contributed by atoms with Crippen LogP contribution in [-0.4, -0.2) is 24.7 Å². The number of nitrogens with two attached hydrogens (primary N) is 1. The van der Waals surface area contributed by atoms with Crippen LogP contribution in [0.2, 0.25) is 0 Å². The molecule has 0 saturated carbocycles. The summed E-state index contributed by atoms with van der Waals surface area (Å²) < 4.78 is 45.7. The molecular formula is C13H17ClF3NO3. The predicted molar refractivity (Wildman–Crippen MR) is 72.5 cm³/mol. The zero-order chi connectivity index (χ0) is 14.8. The van der Waals surface area contributed by atoms with E-state index in [0.29, 0.717) is 26.1 Å². The molecule has 1 aliphatic rings. The summed E-state index contributed by atoms with van der Waals surface area (Å²) in [6.45, 7) is 1.13. The van der Waals surface area contributed by atoms with Crippen LogP contribution in [0.15, 0.2) is 18.2 Å². The van der Waals surface area contributed by atoms with Crippen LogP contribution in [0.4, 0.5) is 13.2 Å². The van der Waals surface area contributed by atoms with Crippen LogP contribution in [-0.2, 0) is 4.74 Å². The maximum Gasteiger partial charge on any atom is 0.573 e. The van der Waals surface area contributed by atoms with Crippen LogP contribution < -0.4 is 10.5 Å². The summed E-state index contributed by atoms with van der Waals surface area (Å²) in [5, 5.41) is 9.92. The molecule has 1 saturated heterocycles. The standard InChI is InChI=1S/C13H16F3NO3.ClH/c14-13(15,16)20-10-3-1-2-9(12(10)18)11(17)8-4-6-19-7-5-8;/h1-3,8,11,18H,4-7,17H2;1H/t11-;/m0./s1. The number of benzene rings is 1. The third-order valence-corrected chi connectivity index (χ3v) is 3.39. The molecule has 4 nitrogen and oxygen atoms in total. The number of hydrogen-bond acceptors (Lipinski definition) is 4. The van der Waals surface area contributed by atoms with Crippen LogP contribution in [0.5, 0.6) is 11.5 Å². The first kappa shape index (κ1) is 17.9. The number of phenols is 1. The van der Waals surface area contributed by atoms with Gasteiger partial charge in [-0.1, -0.05) is 12.1 Å². The highest BCUT2D eigenvalue weighted by atomic mass is 35.5. The molecule has 1 fully saturated rings. The Labute approximate surface area is 126 Å². The van der Waals surface area contributed by atoms with Gasteiger partial charge in [-0.2, -0.15) is 0 Å². The monoisotopic (exact) mass is 327 g/mol. The van der Waals surface area contributed by atoms with Gasteiger partial charge in [-0.25, -0.2) is 0 Å². The summed E-state index contributed by atoms with van der Waals surface area (Å²) in [7, 11) is 0. The Hall–Kier alpha value is -1.18. The van der Waals surface area contributed by atoms with Gasteiger partial charge in [-0.3, -0.25) is 0 Å². The Balaban J connectivity index is 0.00000220. The second-order valence-electron chi connectivity index (χ2n) is 4.72. The third kappa shape index (κ3) is 4.66. The van der Waals surface area contributed by atoms with E-state index in [1.165, 1.54) is 12.1 Å². The number of aromatic hydroxyl groups is 1. The number of para-hydroxylation sites is 1. The van der Waals surface area contributed by atoms with E-state index < -0.39 is 23.9 Å². The number of halogens is 4. The molecule has 1 aromatic carbocycles. The van der Waals surface area contributed by atoms with Crippen molar-refractivity contribution in [2.45, 2.75) is 25.2 Å². The fourth-order valence-electron chi connectivity index (χ4n) is 2.34. The van der Waals surface area contributed by atoms with Crippen molar-refractivity contribution in [2.24, 2.45) is 11.7 Å². The molecule has 8 heteroatoms. The van der Waals surface area contributed by atoms with E-state index in [0.717, 1.165) is 6.07 Å². The van der Waals surface area contributed by atoms with E-state index in [1.807, 2.05) is 0 Å². The van der Waals surface area contributed by atoms with Gasteiger partial charge in [0.05, 0.1) is 0 Å². The zero-order valence-electron chi connectivity index (χ0n) is 11.1. The summed E-state index contributed by atoms with van der Waals surface area (Å²) in [4.78, 5) is 0. The highest BCUT2D eigenvalue weighted by molar-refractivity contribution is 5.85. The van der Waals surface area contributed by atoms with Crippen molar-refractivity contribution >= 4 is 12.4 Å². The largest absolute Gasteiger partial charge is 0.573 e. The second kappa shape index (κ2) is 7.20. The van der Waals surface area contributed by atoms with Crippen molar-refractivity contribution in [1.82, 2.24) is 0 Å². The van der Waals surface area contributed by atoms with Crippen molar-refractivity contribution < 1.29 is 27.8 Å². The Morgan fingerprint density at radius 1 is 1.29 bits per heavy atom. The van der Waals surface area contributed by atoms with Gasteiger partial charge in [0.15, 0.2) is 11.5 Å². The van der Waals surface area contributed by atoms with Crippen molar-refractivity contribution in [1.29, 1.82) is 0 Å². The smallest absolute Gasteiger partial charge is 0.504 e. The Bertz CT molecular complexity index is 464. The summed E-state index contributed by atoms with van der Waals surface area (Å²) in [5.74, 6) is -1.11. The molecule has 1 aromatic rings. The minimum Gasteiger partial charge on any atom is -0.504 e. The highest BCUT2D eigenvalue weighted by Gasteiger charge is 2.33. The van der Waals surface area contributed by atoms with Crippen LogP contribution >= 0.6 is 12.4 Å². The predicted octanol–water partition coefficient (Wildman–Crippen LogP) is 3.14. The van der Waals surface area contributed by atoms with Gasteiger partial charge in [-0.05, 0) is 24.8 Å². The summed E-state index contributed by atoms with van der Waals surface area (Å²) in [5.41, 5.74) is 6.31.